The molecule has 8 nitrogen and oxygen atoms in total. The Morgan fingerprint density at radius 3 is 1.74 bits per heavy atom. The molecule has 0 saturated carbocycles. The number of benzene rings is 3. The van der Waals surface area contributed by atoms with E-state index < -0.39 is 30.6 Å². The van der Waals surface area contributed by atoms with E-state index in [0.717, 1.165) is 16.7 Å². The van der Waals surface area contributed by atoms with Crippen LogP contribution in [0.25, 0.3) is 10.4 Å². The molecule has 1 heterocycles. The predicted octanol–water partition coefficient (Wildman–Crippen LogP) is 4.77. The van der Waals surface area contributed by atoms with Gasteiger partial charge in [-0.1, -0.05) is 96.1 Å². The van der Waals surface area contributed by atoms with Crippen LogP contribution in [0.5, 0.6) is 0 Å². The Morgan fingerprint density at radius 2 is 1.23 bits per heavy atom. The normalized spacial score (nSPS) is 24.0. The fourth-order valence-electron chi connectivity index (χ4n) is 4.02. The molecule has 3 aromatic rings. The van der Waals surface area contributed by atoms with Crippen molar-refractivity contribution in [3.63, 3.8) is 0 Å². The van der Waals surface area contributed by atoms with Gasteiger partial charge in [-0.2, -0.15) is 0 Å². The molecule has 35 heavy (non-hydrogen) atoms. The van der Waals surface area contributed by atoms with Crippen molar-refractivity contribution in [2.75, 3.05) is 6.61 Å². The molecule has 1 fully saturated rings. The first kappa shape index (κ1) is 24.9. The topological polar surface area (TPSA) is 106 Å². The second-order valence-electron chi connectivity index (χ2n) is 8.28. The van der Waals surface area contributed by atoms with E-state index in [2.05, 4.69) is 10.0 Å². The van der Waals surface area contributed by atoms with Crippen LogP contribution in [0.1, 0.15) is 16.7 Å². The summed E-state index contributed by atoms with van der Waals surface area (Å²) in [6.07, 6.45) is -3.38. The lowest BCUT2D eigenvalue weighted by molar-refractivity contribution is -0.273. The predicted molar refractivity (Wildman–Crippen MR) is 130 cm³/mol. The summed E-state index contributed by atoms with van der Waals surface area (Å²) >= 11 is 0. The molecule has 0 radical (unpaired) electrons. The first-order valence-electron chi connectivity index (χ1n) is 11.5. The molecule has 0 aliphatic carbocycles. The lowest BCUT2D eigenvalue weighted by Crippen LogP contribution is -2.59. The Morgan fingerprint density at radius 1 is 0.743 bits per heavy atom. The zero-order valence-corrected chi connectivity index (χ0v) is 19.3. The number of azide groups is 1. The lowest BCUT2D eigenvalue weighted by atomic mass is 9.96. The van der Waals surface area contributed by atoms with E-state index in [0.29, 0.717) is 13.2 Å². The summed E-state index contributed by atoms with van der Waals surface area (Å²) in [5, 5.41) is 14.5. The summed E-state index contributed by atoms with van der Waals surface area (Å²) < 4.78 is 24.3. The molecule has 1 N–H and O–H groups in total. The van der Waals surface area contributed by atoms with Gasteiger partial charge in [0.1, 0.15) is 24.4 Å². The molecule has 3 aromatic carbocycles. The number of nitrogens with zero attached hydrogens (tertiary/aromatic N) is 3. The fourth-order valence-corrected chi connectivity index (χ4v) is 4.02. The molecule has 1 saturated heterocycles. The number of hydrogen-bond acceptors (Lipinski definition) is 6. The molecule has 0 spiro atoms. The van der Waals surface area contributed by atoms with E-state index in [9.17, 15) is 5.11 Å². The highest BCUT2D eigenvalue weighted by Crippen LogP contribution is 2.29. The molecule has 1 aliphatic heterocycles. The van der Waals surface area contributed by atoms with Crippen LogP contribution in [0.2, 0.25) is 0 Å². The maximum Gasteiger partial charge on any atom is 0.166 e. The average molecular weight is 476 g/mol. The summed E-state index contributed by atoms with van der Waals surface area (Å²) in [6.45, 7) is 1.11. The zero-order chi connectivity index (χ0) is 24.3. The van der Waals surface area contributed by atoms with Crippen molar-refractivity contribution in [3.05, 3.63) is 118 Å². The van der Waals surface area contributed by atoms with E-state index in [1.165, 1.54) is 0 Å². The van der Waals surface area contributed by atoms with Crippen LogP contribution in [0.4, 0.5) is 0 Å². The summed E-state index contributed by atoms with van der Waals surface area (Å²) in [5.74, 6) is 0. The number of ether oxygens (including phenoxy) is 4. The van der Waals surface area contributed by atoms with Gasteiger partial charge in [0, 0.05) is 4.91 Å². The third kappa shape index (κ3) is 7.13. The Labute approximate surface area is 204 Å². The van der Waals surface area contributed by atoms with Crippen molar-refractivity contribution in [1.29, 1.82) is 0 Å². The SMILES string of the molecule is [N-]=[N+]=N[C@@H]1[C@@H](OCc2ccccc2)[C@H](OCc2ccccc2)[C@@H](COCc2ccccc2)O[C@@H]1O. The Kier molecular flexibility index (Phi) is 9.25. The molecular formula is C27H29N3O5. The zero-order valence-electron chi connectivity index (χ0n) is 19.3. The highest BCUT2D eigenvalue weighted by atomic mass is 16.7. The highest BCUT2D eigenvalue weighted by Gasteiger charge is 2.46. The van der Waals surface area contributed by atoms with Crippen LogP contribution in [-0.4, -0.2) is 42.4 Å². The number of aliphatic hydroxyl groups is 1. The van der Waals surface area contributed by atoms with Gasteiger partial charge in [-0.05, 0) is 22.2 Å². The van der Waals surface area contributed by atoms with Crippen LogP contribution in [0.15, 0.2) is 96.1 Å². The molecule has 8 heteroatoms. The second kappa shape index (κ2) is 13.0. The Balaban J connectivity index is 1.52. The van der Waals surface area contributed by atoms with E-state index in [-0.39, 0.29) is 13.2 Å². The second-order valence-corrected chi connectivity index (χ2v) is 8.28. The molecule has 0 unspecified atom stereocenters. The van der Waals surface area contributed by atoms with Crippen LogP contribution in [0.3, 0.4) is 0 Å². The van der Waals surface area contributed by atoms with Crippen LogP contribution >= 0.6 is 0 Å². The van der Waals surface area contributed by atoms with E-state index in [1.807, 2.05) is 91.0 Å². The third-order valence-corrected chi connectivity index (χ3v) is 5.78. The monoisotopic (exact) mass is 475 g/mol. The van der Waals surface area contributed by atoms with E-state index >= 15 is 0 Å². The van der Waals surface area contributed by atoms with Crippen molar-refractivity contribution in [2.24, 2.45) is 5.11 Å². The maximum absolute atomic E-state index is 10.7. The molecule has 0 bridgehead atoms. The first-order valence-corrected chi connectivity index (χ1v) is 11.5. The van der Waals surface area contributed by atoms with Gasteiger partial charge in [0.05, 0.1) is 26.4 Å². The van der Waals surface area contributed by atoms with E-state index in [4.69, 9.17) is 24.5 Å². The summed E-state index contributed by atoms with van der Waals surface area (Å²) in [7, 11) is 0. The van der Waals surface area contributed by atoms with Crippen molar-refractivity contribution in [2.45, 2.75) is 50.5 Å². The molecule has 1 aliphatic rings. The quantitative estimate of drug-likeness (QED) is 0.244. The standard InChI is InChI=1S/C27H29N3O5/c28-30-29-24-26(34-18-22-14-8-3-9-15-22)25(33-17-21-12-6-2-7-13-21)23(35-27(24)31)19-32-16-20-10-4-1-5-11-20/h1-15,23-27,31H,16-19H2/t23-,24-,25-,26-,27+/m1/s1. The first-order chi connectivity index (χ1) is 17.2. The number of aliphatic hydroxyl groups excluding tert-OH is 1. The summed E-state index contributed by atoms with van der Waals surface area (Å²) in [6, 6.07) is 28.2. The Bertz CT molecular complexity index is 1060. The molecule has 182 valence electrons. The average Bonchev–Trinajstić information content (AvgIpc) is 2.90. The van der Waals surface area contributed by atoms with Gasteiger partial charge < -0.3 is 24.1 Å². The molecule has 4 rings (SSSR count). The van der Waals surface area contributed by atoms with Gasteiger partial charge in [0.25, 0.3) is 0 Å². The van der Waals surface area contributed by atoms with Crippen molar-refractivity contribution in [3.8, 4) is 0 Å². The smallest absolute Gasteiger partial charge is 0.166 e. The number of hydrogen-bond donors (Lipinski definition) is 1. The van der Waals surface area contributed by atoms with Gasteiger partial charge >= 0.3 is 0 Å². The largest absolute Gasteiger partial charge is 0.374 e. The van der Waals surface area contributed by atoms with E-state index in [1.54, 1.807) is 0 Å². The van der Waals surface area contributed by atoms with Crippen molar-refractivity contribution in [1.82, 2.24) is 0 Å². The van der Waals surface area contributed by atoms with Crippen LogP contribution < -0.4 is 0 Å². The molecule has 5 atom stereocenters. The molecule has 0 aromatic heterocycles. The summed E-state index contributed by atoms with van der Waals surface area (Å²) in [4.78, 5) is 2.91. The minimum Gasteiger partial charge on any atom is -0.374 e. The van der Waals surface area contributed by atoms with Gasteiger partial charge in [0.15, 0.2) is 6.29 Å². The van der Waals surface area contributed by atoms with Crippen LogP contribution in [-0.2, 0) is 38.8 Å². The molecule has 0 amide bonds. The third-order valence-electron chi connectivity index (χ3n) is 5.78. The minimum absolute atomic E-state index is 0.166. The highest BCUT2D eigenvalue weighted by molar-refractivity contribution is 5.15. The summed E-state index contributed by atoms with van der Waals surface area (Å²) in [5.41, 5.74) is 12.1. The minimum atomic E-state index is -1.35. The van der Waals surface area contributed by atoms with Gasteiger partial charge in [-0.25, -0.2) is 0 Å². The maximum atomic E-state index is 10.7. The fraction of sp³-hybridized carbons (Fsp3) is 0.333. The molecular weight excluding hydrogens is 446 g/mol. The number of rotatable bonds is 11. The lowest BCUT2D eigenvalue weighted by Gasteiger charge is -2.43. The van der Waals surface area contributed by atoms with Crippen molar-refractivity contribution < 1.29 is 24.1 Å². The van der Waals surface area contributed by atoms with Gasteiger partial charge in [-0.3, -0.25) is 0 Å². The van der Waals surface area contributed by atoms with Gasteiger partial charge in [0.2, 0.25) is 0 Å². The Hall–Kier alpha value is -3.23. The van der Waals surface area contributed by atoms with Crippen molar-refractivity contribution >= 4 is 0 Å². The van der Waals surface area contributed by atoms with Gasteiger partial charge in [-0.15, -0.1) is 0 Å². The van der Waals surface area contributed by atoms with Crippen LogP contribution in [0, 0.1) is 0 Å².